The Balaban J connectivity index is 1.86. The highest BCUT2D eigenvalue weighted by atomic mass is 35.5. The zero-order chi connectivity index (χ0) is 13.9. The fourth-order valence-corrected chi connectivity index (χ4v) is 2.70. The lowest BCUT2D eigenvalue weighted by Crippen LogP contribution is -2.24. The van der Waals surface area contributed by atoms with E-state index in [1.807, 2.05) is 18.2 Å². The van der Waals surface area contributed by atoms with Crippen LogP contribution in [-0.2, 0) is 4.74 Å². The Bertz CT molecular complexity index is 632. The number of hydrogen-bond acceptors (Lipinski definition) is 4. The smallest absolute Gasteiger partial charge is 0.139 e. The zero-order valence-electron chi connectivity index (χ0n) is 11.1. The van der Waals surface area contributed by atoms with Crippen LogP contribution in [0.3, 0.4) is 0 Å². The highest BCUT2D eigenvalue weighted by molar-refractivity contribution is 6.31. The molecule has 3 rings (SSSR count). The summed E-state index contributed by atoms with van der Waals surface area (Å²) in [5.74, 6) is 0.955. The maximum atomic E-state index is 6.01. The van der Waals surface area contributed by atoms with Crippen molar-refractivity contribution < 1.29 is 4.74 Å². The van der Waals surface area contributed by atoms with Crippen LogP contribution in [0.25, 0.3) is 10.9 Å². The van der Waals surface area contributed by atoms with E-state index in [4.69, 9.17) is 16.3 Å². The third kappa shape index (κ3) is 2.62. The van der Waals surface area contributed by atoms with Crippen molar-refractivity contribution in [3.05, 3.63) is 42.2 Å². The maximum absolute atomic E-state index is 6.01. The molecule has 1 atom stereocenters. The van der Waals surface area contributed by atoms with Gasteiger partial charge in [-0.05, 0) is 24.6 Å². The van der Waals surface area contributed by atoms with E-state index in [1.54, 1.807) is 12.4 Å². The highest BCUT2D eigenvalue weighted by Crippen LogP contribution is 2.28. The molecular formula is C15H16ClN3O. The van der Waals surface area contributed by atoms with Gasteiger partial charge in [-0.15, -0.1) is 6.58 Å². The normalized spacial score (nSPS) is 18.6. The molecule has 0 saturated carbocycles. The summed E-state index contributed by atoms with van der Waals surface area (Å²) in [5, 5.41) is 1.72. The molecule has 1 fully saturated rings. The van der Waals surface area contributed by atoms with Gasteiger partial charge < -0.3 is 9.64 Å². The summed E-state index contributed by atoms with van der Waals surface area (Å²) in [7, 11) is 0. The Morgan fingerprint density at radius 1 is 1.45 bits per heavy atom. The highest BCUT2D eigenvalue weighted by Gasteiger charge is 2.25. The number of nitrogens with zero attached hydrogens (tertiary/aromatic N) is 3. The monoisotopic (exact) mass is 289 g/mol. The molecule has 0 spiro atoms. The SMILES string of the molecule is C=CCOC1CCN(c2ncnc3cc(Cl)ccc23)C1. The van der Waals surface area contributed by atoms with Crippen LogP contribution in [0.5, 0.6) is 0 Å². The van der Waals surface area contributed by atoms with Gasteiger partial charge in [0.2, 0.25) is 0 Å². The van der Waals surface area contributed by atoms with Gasteiger partial charge in [0, 0.05) is 23.5 Å². The van der Waals surface area contributed by atoms with Crippen LogP contribution in [0.1, 0.15) is 6.42 Å². The van der Waals surface area contributed by atoms with Crippen LogP contribution in [0.4, 0.5) is 5.82 Å². The van der Waals surface area contributed by atoms with Crippen LogP contribution in [0.15, 0.2) is 37.2 Å². The van der Waals surface area contributed by atoms with Crippen LogP contribution in [-0.4, -0.2) is 35.8 Å². The lowest BCUT2D eigenvalue weighted by Gasteiger charge is -2.19. The van der Waals surface area contributed by atoms with Gasteiger partial charge in [-0.25, -0.2) is 9.97 Å². The molecule has 1 aliphatic rings. The molecule has 0 bridgehead atoms. The van der Waals surface area contributed by atoms with Crippen LogP contribution in [0, 0.1) is 0 Å². The molecule has 1 unspecified atom stereocenters. The van der Waals surface area contributed by atoms with Gasteiger partial charge in [0.25, 0.3) is 0 Å². The lowest BCUT2D eigenvalue weighted by atomic mass is 10.2. The third-order valence-electron chi connectivity index (χ3n) is 3.47. The van der Waals surface area contributed by atoms with Gasteiger partial charge in [-0.2, -0.15) is 0 Å². The Hall–Kier alpha value is -1.65. The van der Waals surface area contributed by atoms with Crippen LogP contribution >= 0.6 is 11.6 Å². The zero-order valence-corrected chi connectivity index (χ0v) is 11.9. The molecule has 20 heavy (non-hydrogen) atoms. The van der Waals surface area contributed by atoms with E-state index in [2.05, 4.69) is 21.4 Å². The third-order valence-corrected chi connectivity index (χ3v) is 3.71. The second-order valence-electron chi connectivity index (χ2n) is 4.84. The summed E-state index contributed by atoms with van der Waals surface area (Å²) in [4.78, 5) is 10.9. The first-order chi connectivity index (χ1) is 9.78. The van der Waals surface area contributed by atoms with E-state index in [9.17, 15) is 0 Å². The Labute approximate surface area is 123 Å². The molecule has 1 saturated heterocycles. The number of rotatable bonds is 4. The summed E-state index contributed by atoms with van der Waals surface area (Å²) in [6.45, 7) is 6.06. The maximum Gasteiger partial charge on any atom is 0.139 e. The number of hydrogen-bond donors (Lipinski definition) is 0. The molecule has 2 aromatic rings. The van der Waals surface area contributed by atoms with Crippen molar-refractivity contribution in [2.75, 3.05) is 24.6 Å². The number of halogens is 1. The van der Waals surface area contributed by atoms with Crippen molar-refractivity contribution in [1.82, 2.24) is 9.97 Å². The minimum Gasteiger partial charge on any atom is -0.372 e. The number of benzene rings is 1. The minimum atomic E-state index is 0.241. The molecule has 0 amide bonds. The second kappa shape index (κ2) is 5.77. The van der Waals surface area contributed by atoms with Crippen molar-refractivity contribution in [2.24, 2.45) is 0 Å². The van der Waals surface area contributed by atoms with E-state index in [0.29, 0.717) is 11.6 Å². The number of aromatic nitrogens is 2. The Morgan fingerprint density at radius 3 is 3.20 bits per heavy atom. The molecule has 0 aliphatic carbocycles. The van der Waals surface area contributed by atoms with Gasteiger partial charge in [-0.3, -0.25) is 0 Å². The first kappa shape index (κ1) is 13.3. The molecule has 104 valence electrons. The topological polar surface area (TPSA) is 38.2 Å². The fraction of sp³-hybridized carbons (Fsp3) is 0.333. The molecule has 0 N–H and O–H groups in total. The molecule has 5 heteroatoms. The van der Waals surface area contributed by atoms with Crippen LogP contribution in [0.2, 0.25) is 5.02 Å². The molecule has 1 aromatic heterocycles. The fourth-order valence-electron chi connectivity index (χ4n) is 2.53. The summed E-state index contributed by atoms with van der Waals surface area (Å²) >= 11 is 6.01. The lowest BCUT2D eigenvalue weighted by molar-refractivity contribution is 0.0909. The molecular weight excluding hydrogens is 274 g/mol. The second-order valence-corrected chi connectivity index (χ2v) is 5.27. The number of ether oxygens (including phenoxy) is 1. The summed E-state index contributed by atoms with van der Waals surface area (Å²) in [5.41, 5.74) is 0.873. The Morgan fingerprint density at radius 2 is 2.35 bits per heavy atom. The summed E-state index contributed by atoms with van der Waals surface area (Å²) in [6.07, 6.45) is 4.62. The van der Waals surface area contributed by atoms with E-state index >= 15 is 0 Å². The van der Waals surface area contributed by atoms with Crippen molar-refractivity contribution in [3.63, 3.8) is 0 Å². The molecule has 1 aromatic carbocycles. The standard InChI is InChI=1S/C15H16ClN3O/c1-2-7-20-12-5-6-19(9-12)15-13-4-3-11(16)8-14(13)17-10-18-15/h2-4,8,10,12H,1,5-7,9H2. The number of fused-ring (bicyclic) bond motifs is 1. The van der Waals surface area contributed by atoms with Crippen molar-refractivity contribution in [1.29, 1.82) is 0 Å². The predicted molar refractivity (Wildman–Crippen MR) is 81.3 cm³/mol. The van der Waals surface area contributed by atoms with Crippen molar-refractivity contribution in [2.45, 2.75) is 12.5 Å². The van der Waals surface area contributed by atoms with Crippen LogP contribution < -0.4 is 4.90 Å². The summed E-state index contributed by atoms with van der Waals surface area (Å²) < 4.78 is 5.71. The van der Waals surface area contributed by atoms with E-state index in [1.165, 1.54) is 0 Å². The molecule has 0 radical (unpaired) electrons. The van der Waals surface area contributed by atoms with Gasteiger partial charge in [0.1, 0.15) is 12.1 Å². The average Bonchev–Trinajstić information content (AvgIpc) is 2.92. The molecule has 2 heterocycles. The molecule has 1 aliphatic heterocycles. The average molecular weight is 290 g/mol. The minimum absolute atomic E-state index is 0.241. The number of anilines is 1. The quantitative estimate of drug-likeness (QED) is 0.811. The summed E-state index contributed by atoms with van der Waals surface area (Å²) in [6, 6.07) is 5.72. The Kier molecular flexibility index (Phi) is 3.85. The van der Waals surface area contributed by atoms with Crippen molar-refractivity contribution >= 4 is 28.3 Å². The van der Waals surface area contributed by atoms with Crippen molar-refractivity contribution in [3.8, 4) is 0 Å². The largest absolute Gasteiger partial charge is 0.372 e. The van der Waals surface area contributed by atoms with Gasteiger partial charge in [0.15, 0.2) is 0 Å². The predicted octanol–water partition coefficient (Wildman–Crippen LogP) is 3.06. The van der Waals surface area contributed by atoms with E-state index < -0.39 is 0 Å². The van der Waals surface area contributed by atoms with E-state index in [-0.39, 0.29) is 6.10 Å². The van der Waals surface area contributed by atoms with Gasteiger partial charge in [-0.1, -0.05) is 17.7 Å². The van der Waals surface area contributed by atoms with Gasteiger partial charge in [0.05, 0.1) is 18.2 Å². The molecule has 4 nitrogen and oxygen atoms in total. The van der Waals surface area contributed by atoms with Gasteiger partial charge >= 0.3 is 0 Å². The van der Waals surface area contributed by atoms with E-state index in [0.717, 1.165) is 36.2 Å². The first-order valence-corrected chi connectivity index (χ1v) is 7.03. The first-order valence-electron chi connectivity index (χ1n) is 6.65.